The molecule has 1 aliphatic carbocycles. The second-order valence-corrected chi connectivity index (χ2v) is 4.65. The molecule has 0 spiro atoms. The van der Waals surface area contributed by atoms with Gasteiger partial charge in [0, 0.05) is 12.5 Å². The molecule has 0 fully saturated rings. The molecule has 2 atom stereocenters. The molecule has 0 aromatic carbocycles. The predicted molar refractivity (Wildman–Crippen MR) is 68.1 cm³/mol. The van der Waals surface area contributed by atoms with Gasteiger partial charge in [0.25, 0.3) is 0 Å². The van der Waals surface area contributed by atoms with E-state index in [1.54, 1.807) is 6.33 Å². The third kappa shape index (κ3) is 1.65. The molecule has 0 radical (unpaired) electrons. The number of rotatable bonds is 2. The van der Waals surface area contributed by atoms with Gasteiger partial charge in [-0.2, -0.15) is 9.97 Å². The fraction of sp³-hybridized carbons (Fsp3) is 0.364. The minimum absolute atomic E-state index is 0.0327. The van der Waals surface area contributed by atoms with Crippen LogP contribution in [-0.2, 0) is 0 Å². The van der Waals surface area contributed by atoms with E-state index < -0.39 is 0 Å². The van der Waals surface area contributed by atoms with Crippen molar-refractivity contribution in [2.24, 2.45) is 5.92 Å². The Kier molecular flexibility index (Phi) is 2.68. The highest BCUT2D eigenvalue weighted by Crippen LogP contribution is 2.32. The minimum Gasteiger partial charge on any atom is -0.396 e. The number of halogens is 1. The number of aliphatic hydroxyl groups excluding tert-OH is 1. The SMILES string of the molecule is Nc1nc(Cl)c2ncn([C@H]3C=CC[C@H]3CO)c2n1. The average Bonchev–Trinajstić information content (AvgIpc) is 2.93. The zero-order valence-electron chi connectivity index (χ0n) is 9.49. The zero-order valence-corrected chi connectivity index (χ0v) is 10.2. The van der Waals surface area contributed by atoms with E-state index >= 15 is 0 Å². The molecule has 3 rings (SSSR count). The fourth-order valence-corrected chi connectivity index (χ4v) is 2.53. The Labute approximate surface area is 108 Å². The number of hydrogen-bond donors (Lipinski definition) is 2. The Morgan fingerprint density at radius 2 is 2.33 bits per heavy atom. The maximum atomic E-state index is 9.36. The maximum absolute atomic E-state index is 9.36. The first kappa shape index (κ1) is 11.4. The van der Waals surface area contributed by atoms with Gasteiger partial charge in [-0.3, -0.25) is 0 Å². The second kappa shape index (κ2) is 4.22. The van der Waals surface area contributed by atoms with Gasteiger partial charge in [-0.05, 0) is 6.42 Å². The summed E-state index contributed by atoms with van der Waals surface area (Å²) in [6.45, 7) is 0.117. The molecule has 7 heteroatoms. The highest BCUT2D eigenvalue weighted by molar-refractivity contribution is 6.33. The lowest BCUT2D eigenvalue weighted by atomic mass is 10.0. The number of anilines is 1. The van der Waals surface area contributed by atoms with Crippen molar-refractivity contribution in [2.45, 2.75) is 12.5 Å². The summed E-state index contributed by atoms with van der Waals surface area (Å²) in [6, 6.07) is 0.0327. The van der Waals surface area contributed by atoms with Crippen molar-refractivity contribution in [1.82, 2.24) is 19.5 Å². The Morgan fingerprint density at radius 3 is 3.11 bits per heavy atom. The van der Waals surface area contributed by atoms with Crippen LogP contribution in [-0.4, -0.2) is 31.2 Å². The van der Waals surface area contributed by atoms with Gasteiger partial charge in [-0.25, -0.2) is 4.98 Å². The summed E-state index contributed by atoms with van der Waals surface area (Å²) in [5.41, 5.74) is 6.73. The fourth-order valence-electron chi connectivity index (χ4n) is 2.31. The number of aliphatic hydroxyl groups is 1. The van der Waals surface area contributed by atoms with Crippen molar-refractivity contribution in [3.05, 3.63) is 23.6 Å². The molecule has 0 unspecified atom stereocenters. The topological polar surface area (TPSA) is 89.8 Å². The molecule has 0 saturated heterocycles. The van der Waals surface area contributed by atoms with Crippen LogP contribution in [0.15, 0.2) is 18.5 Å². The highest BCUT2D eigenvalue weighted by atomic mass is 35.5. The molecule has 2 aromatic heterocycles. The number of nitrogen functional groups attached to an aromatic ring is 1. The maximum Gasteiger partial charge on any atom is 0.223 e. The van der Waals surface area contributed by atoms with Crippen LogP contribution >= 0.6 is 11.6 Å². The first-order valence-electron chi connectivity index (χ1n) is 5.63. The van der Waals surface area contributed by atoms with E-state index in [1.165, 1.54) is 0 Å². The Morgan fingerprint density at radius 1 is 1.50 bits per heavy atom. The van der Waals surface area contributed by atoms with Crippen LogP contribution in [0.3, 0.4) is 0 Å². The number of aromatic nitrogens is 4. The van der Waals surface area contributed by atoms with Gasteiger partial charge in [0.15, 0.2) is 10.8 Å². The summed E-state index contributed by atoms with van der Waals surface area (Å²) in [4.78, 5) is 12.3. The number of nitrogens with two attached hydrogens (primary N) is 1. The van der Waals surface area contributed by atoms with E-state index in [9.17, 15) is 5.11 Å². The molecule has 0 aliphatic heterocycles. The third-order valence-electron chi connectivity index (χ3n) is 3.21. The summed E-state index contributed by atoms with van der Waals surface area (Å²) < 4.78 is 1.88. The lowest BCUT2D eigenvalue weighted by Gasteiger charge is -2.18. The molecule has 0 amide bonds. The van der Waals surface area contributed by atoms with Gasteiger partial charge in [0.2, 0.25) is 5.95 Å². The van der Waals surface area contributed by atoms with Crippen molar-refractivity contribution in [3.63, 3.8) is 0 Å². The van der Waals surface area contributed by atoms with Crippen LogP contribution < -0.4 is 5.73 Å². The van der Waals surface area contributed by atoms with E-state index in [4.69, 9.17) is 17.3 Å². The number of allylic oxidation sites excluding steroid dienone is 2. The lowest BCUT2D eigenvalue weighted by molar-refractivity contribution is 0.205. The summed E-state index contributed by atoms with van der Waals surface area (Å²) in [6.07, 6.45) is 6.58. The number of fused-ring (bicyclic) bond motifs is 1. The van der Waals surface area contributed by atoms with Crippen LogP contribution in [0.25, 0.3) is 11.2 Å². The van der Waals surface area contributed by atoms with Crippen LogP contribution in [0, 0.1) is 5.92 Å². The van der Waals surface area contributed by atoms with E-state index in [0.29, 0.717) is 11.2 Å². The normalized spacial score (nSPS) is 23.0. The minimum atomic E-state index is 0.0327. The highest BCUT2D eigenvalue weighted by Gasteiger charge is 2.26. The summed E-state index contributed by atoms with van der Waals surface area (Å²) >= 11 is 5.98. The van der Waals surface area contributed by atoms with Gasteiger partial charge >= 0.3 is 0 Å². The molecular weight excluding hydrogens is 254 g/mol. The molecule has 0 bridgehead atoms. The summed E-state index contributed by atoms with van der Waals surface area (Å²) in [7, 11) is 0. The number of nitrogens with zero attached hydrogens (tertiary/aromatic N) is 4. The Bertz CT molecular complexity index is 623. The summed E-state index contributed by atoms with van der Waals surface area (Å²) in [5, 5.41) is 9.61. The summed E-state index contributed by atoms with van der Waals surface area (Å²) in [5.74, 6) is 0.258. The largest absolute Gasteiger partial charge is 0.396 e. The van der Waals surface area contributed by atoms with Crippen LogP contribution in [0.2, 0.25) is 5.15 Å². The first-order chi connectivity index (χ1) is 8.70. The lowest BCUT2D eigenvalue weighted by Crippen LogP contribution is -2.17. The van der Waals surface area contributed by atoms with Crippen LogP contribution in [0.5, 0.6) is 0 Å². The smallest absolute Gasteiger partial charge is 0.223 e. The van der Waals surface area contributed by atoms with Crippen molar-refractivity contribution in [3.8, 4) is 0 Å². The van der Waals surface area contributed by atoms with Gasteiger partial charge in [0.1, 0.15) is 5.52 Å². The van der Waals surface area contributed by atoms with E-state index in [2.05, 4.69) is 15.0 Å². The van der Waals surface area contributed by atoms with Crippen molar-refractivity contribution in [2.75, 3.05) is 12.3 Å². The van der Waals surface area contributed by atoms with Gasteiger partial charge in [-0.1, -0.05) is 23.8 Å². The number of imidazole rings is 1. The van der Waals surface area contributed by atoms with Crippen molar-refractivity contribution < 1.29 is 5.11 Å². The van der Waals surface area contributed by atoms with Gasteiger partial charge in [0.05, 0.1) is 12.4 Å². The van der Waals surface area contributed by atoms with E-state index in [0.717, 1.165) is 6.42 Å². The molecule has 1 aliphatic rings. The molecule has 18 heavy (non-hydrogen) atoms. The van der Waals surface area contributed by atoms with Crippen LogP contribution in [0.4, 0.5) is 5.95 Å². The van der Waals surface area contributed by atoms with E-state index in [1.807, 2.05) is 16.7 Å². The third-order valence-corrected chi connectivity index (χ3v) is 3.47. The van der Waals surface area contributed by atoms with Crippen molar-refractivity contribution >= 4 is 28.7 Å². The molecule has 6 nitrogen and oxygen atoms in total. The molecule has 94 valence electrons. The molecular formula is C11H12ClN5O. The Balaban J connectivity index is 2.15. The zero-order chi connectivity index (χ0) is 12.7. The molecule has 2 aromatic rings. The van der Waals surface area contributed by atoms with Gasteiger partial charge < -0.3 is 15.4 Å². The van der Waals surface area contributed by atoms with E-state index in [-0.39, 0.29) is 29.7 Å². The van der Waals surface area contributed by atoms with Gasteiger partial charge in [-0.15, -0.1) is 0 Å². The first-order valence-corrected chi connectivity index (χ1v) is 6.01. The quantitative estimate of drug-likeness (QED) is 0.628. The van der Waals surface area contributed by atoms with Crippen molar-refractivity contribution in [1.29, 1.82) is 0 Å². The second-order valence-electron chi connectivity index (χ2n) is 4.29. The average molecular weight is 266 g/mol. The van der Waals surface area contributed by atoms with Crippen LogP contribution in [0.1, 0.15) is 12.5 Å². The standard InChI is InChI=1S/C11H12ClN5O/c12-9-8-10(16-11(13)15-9)17(5-14-8)7-3-1-2-6(7)4-18/h1,3,5-7,18H,2,4H2,(H2,13,15,16)/t6-,7-/m0/s1. The Hall–Kier alpha value is -1.66. The molecule has 2 heterocycles. The predicted octanol–water partition coefficient (Wildman–Crippen LogP) is 1.17. The monoisotopic (exact) mass is 265 g/mol. The molecule has 3 N–H and O–H groups in total. The number of hydrogen-bond acceptors (Lipinski definition) is 5. The molecule has 0 saturated carbocycles.